The van der Waals surface area contributed by atoms with Gasteiger partial charge in [0.15, 0.2) is 0 Å². The van der Waals surface area contributed by atoms with Crippen molar-refractivity contribution in [3.63, 3.8) is 0 Å². The summed E-state index contributed by atoms with van der Waals surface area (Å²) in [6.07, 6.45) is 2.11. The van der Waals surface area contributed by atoms with Gasteiger partial charge in [0.1, 0.15) is 0 Å². The van der Waals surface area contributed by atoms with Crippen molar-refractivity contribution in [2.75, 3.05) is 0 Å². The Labute approximate surface area is 96.9 Å². The predicted octanol–water partition coefficient (Wildman–Crippen LogP) is 4.70. The molecule has 0 aliphatic rings. The third-order valence-corrected chi connectivity index (χ3v) is 2.25. The Bertz CT molecular complexity index is 208. The molecule has 2 heteroatoms. The zero-order valence-corrected chi connectivity index (χ0v) is 12.1. The van der Waals surface area contributed by atoms with E-state index in [0.717, 1.165) is 0 Å². The van der Waals surface area contributed by atoms with Crippen molar-refractivity contribution < 1.29 is 0 Å². The predicted molar refractivity (Wildman–Crippen MR) is 73.1 cm³/mol. The zero-order valence-electron chi connectivity index (χ0n) is 12.1. The van der Waals surface area contributed by atoms with Crippen molar-refractivity contribution in [3.05, 3.63) is 0 Å². The highest BCUT2D eigenvalue weighted by Gasteiger charge is 2.39. The summed E-state index contributed by atoms with van der Waals surface area (Å²) in [7, 11) is 0. The van der Waals surface area contributed by atoms with E-state index in [-0.39, 0.29) is 16.0 Å². The fraction of sp³-hybridized carbons (Fsp3) is 0.923. The summed E-state index contributed by atoms with van der Waals surface area (Å²) in [6, 6.07) is 0. The molecular formula is C13H28BN. The lowest BCUT2D eigenvalue weighted by atomic mass is 9.32. The fourth-order valence-electron chi connectivity index (χ4n) is 2.04. The zero-order chi connectivity index (χ0) is 12.5. The summed E-state index contributed by atoms with van der Waals surface area (Å²) in [6.45, 7) is 20.5. The van der Waals surface area contributed by atoms with Crippen LogP contribution in [0.15, 0.2) is 4.90 Å². The Morgan fingerprint density at radius 2 is 1.07 bits per heavy atom. The first-order chi connectivity index (χ1) is 6.34. The molecule has 0 aliphatic heterocycles. The molecule has 0 amide bonds. The molecule has 88 valence electrons. The normalized spacial score (nSPS) is 14.7. The van der Waals surface area contributed by atoms with E-state index in [2.05, 4.69) is 68.5 Å². The Morgan fingerprint density at radius 3 is 1.27 bits per heavy atom. The molecule has 0 atom stereocenters. The molecule has 0 spiro atoms. The lowest BCUT2D eigenvalue weighted by Gasteiger charge is -2.34. The molecule has 0 heterocycles. The van der Waals surface area contributed by atoms with Crippen molar-refractivity contribution in [3.8, 4) is 0 Å². The first kappa shape index (κ1) is 14.7. The average Bonchev–Trinajstić information content (AvgIpc) is 1.75. The molecule has 15 heavy (non-hydrogen) atoms. The highest BCUT2D eigenvalue weighted by Crippen LogP contribution is 2.42. The van der Waals surface area contributed by atoms with Gasteiger partial charge >= 0.3 is 0 Å². The van der Waals surface area contributed by atoms with Gasteiger partial charge in [0.2, 0.25) is 0 Å². The van der Waals surface area contributed by atoms with Crippen LogP contribution in [0, 0.1) is 5.41 Å². The summed E-state index contributed by atoms with van der Waals surface area (Å²) in [4.78, 5) is 4.81. The van der Waals surface area contributed by atoms with Gasteiger partial charge in [-0.15, -0.1) is 0 Å². The molecule has 0 saturated carbocycles. The van der Waals surface area contributed by atoms with Gasteiger partial charge in [0, 0.05) is 0 Å². The summed E-state index contributed by atoms with van der Waals surface area (Å²) in [5.74, 6) is 0. The standard InChI is InChI=1S/C13H28BN/c1-11(2,3)10-15-14(12(4,5)6)13(7,8)9/h10H,1-9H3. The second kappa shape index (κ2) is 4.31. The molecule has 0 N–H and O–H groups in total. The summed E-state index contributed by atoms with van der Waals surface area (Å²) in [5, 5.41) is 0.444. The molecule has 0 aromatic heterocycles. The Balaban J connectivity index is 4.94. The molecular weight excluding hydrogens is 181 g/mol. The maximum Gasteiger partial charge on any atom is 0.289 e. The molecule has 0 aromatic rings. The van der Waals surface area contributed by atoms with Crippen LogP contribution in [0.2, 0.25) is 10.6 Å². The van der Waals surface area contributed by atoms with E-state index in [4.69, 9.17) is 4.90 Å². The number of nitrogens with zero attached hydrogens (tertiary/aromatic N) is 1. The lowest BCUT2D eigenvalue weighted by Crippen LogP contribution is -2.34. The van der Waals surface area contributed by atoms with Gasteiger partial charge in [-0.25, -0.2) is 0 Å². The molecule has 0 aromatic carbocycles. The number of hydrogen-bond donors (Lipinski definition) is 0. The third-order valence-electron chi connectivity index (χ3n) is 2.25. The third kappa shape index (κ3) is 6.01. The molecule has 0 aliphatic carbocycles. The van der Waals surface area contributed by atoms with Crippen LogP contribution in [-0.2, 0) is 0 Å². The monoisotopic (exact) mass is 209 g/mol. The highest BCUT2D eigenvalue weighted by atomic mass is 14.7. The van der Waals surface area contributed by atoms with Crippen molar-refractivity contribution >= 4 is 13.1 Å². The first-order valence-electron chi connectivity index (χ1n) is 5.88. The topological polar surface area (TPSA) is 12.4 Å². The van der Waals surface area contributed by atoms with Crippen LogP contribution >= 0.6 is 0 Å². The number of hydrogen-bond acceptors (Lipinski definition) is 1. The van der Waals surface area contributed by atoms with E-state index < -0.39 is 0 Å². The minimum absolute atomic E-state index is 0.175. The van der Waals surface area contributed by atoms with E-state index in [1.54, 1.807) is 0 Å². The molecule has 0 bridgehead atoms. The van der Waals surface area contributed by atoms with Gasteiger partial charge in [0.05, 0.1) is 0 Å². The SMILES string of the molecule is CC(C)(C)C=NB(C(C)(C)C)C(C)(C)C. The van der Waals surface area contributed by atoms with Crippen LogP contribution in [0.25, 0.3) is 0 Å². The summed E-state index contributed by atoms with van der Waals surface area (Å²) < 4.78 is 0. The maximum atomic E-state index is 4.81. The maximum absolute atomic E-state index is 4.81. The van der Waals surface area contributed by atoms with E-state index in [1.165, 1.54) is 0 Å². The molecule has 0 fully saturated rings. The van der Waals surface area contributed by atoms with Crippen LogP contribution in [-0.4, -0.2) is 13.1 Å². The van der Waals surface area contributed by atoms with Gasteiger partial charge in [-0.3, -0.25) is 0 Å². The lowest BCUT2D eigenvalue weighted by molar-refractivity contribution is 0.602. The summed E-state index contributed by atoms with van der Waals surface area (Å²) in [5.41, 5.74) is 0.175. The minimum atomic E-state index is 0.175. The average molecular weight is 209 g/mol. The Kier molecular flexibility index (Phi) is 4.23. The fourth-order valence-corrected chi connectivity index (χ4v) is 2.04. The van der Waals surface area contributed by atoms with Crippen LogP contribution in [0.3, 0.4) is 0 Å². The van der Waals surface area contributed by atoms with Gasteiger partial charge in [-0.2, -0.15) is 0 Å². The molecule has 1 nitrogen and oxygen atoms in total. The van der Waals surface area contributed by atoms with E-state index in [1.807, 2.05) is 0 Å². The van der Waals surface area contributed by atoms with Crippen LogP contribution in [0.4, 0.5) is 0 Å². The van der Waals surface area contributed by atoms with Crippen molar-refractivity contribution in [2.45, 2.75) is 72.9 Å². The number of rotatable bonds is 1. The van der Waals surface area contributed by atoms with Crippen LogP contribution in [0.1, 0.15) is 62.3 Å². The van der Waals surface area contributed by atoms with Gasteiger partial charge in [0.25, 0.3) is 6.85 Å². The van der Waals surface area contributed by atoms with Gasteiger partial charge < -0.3 is 4.90 Å². The smallest absolute Gasteiger partial charge is 0.289 e. The first-order valence-corrected chi connectivity index (χ1v) is 5.88. The van der Waals surface area contributed by atoms with Crippen molar-refractivity contribution in [2.24, 2.45) is 10.3 Å². The Morgan fingerprint density at radius 1 is 0.733 bits per heavy atom. The Hall–Kier alpha value is -0.265. The van der Waals surface area contributed by atoms with Gasteiger partial charge in [-0.05, 0) is 22.3 Å². The molecule has 0 unspecified atom stereocenters. The van der Waals surface area contributed by atoms with E-state index in [9.17, 15) is 0 Å². The largest absolute Gasteiger partial charge is 0.351 e. The van der Waals surface area contributed by atoms with Crippen LogP contribution in [0.5, 0.6) is 0 Å². The summed E-state index contributed by atoms with van der Waals surface area (Å²) >= 11 is 0. The van der Waals surface area contributed by atoms with E-state index in [0.29, 0.717) is 6.85 Å². The van der Waals surface area contributed by atoms with Crippen molar-refractivity contribution in [1.29, 1.82) is 0 Å². The van der Waals surface area contributed by atoms with Crippen LogP contribution < -0.4 is 0 Å². The molecule has 0 rings (SSSR count). The van der Waals surface area contributed by atoms with Crippen molar-refractivity contribution in [1.82, 2.24) is 0 Å². The van der Waals surface area contributed by atoms with E-state index >= 15 is 0 Å². The highest BCUT2D eigenvalue weighted by molar-refractivity contribution is 6.64. The minimum Gasteiger partial charge on any atom is -0.351 e. The van der Waals surface area contributed by atoms with Gasteiger partial charge in [-0.1, -0.05) is 62.3 Å². The quantitative estimate of drug-likeness (QED) is 0.438. The second-order valence-corrected chi connectivity index (χ2v) is 7.78. The second-order valence-electron chi connectivity index (χ2n) is 7.78. The molecule has 0 saturated heterocycles. The molecule has 0 radical (unpaired) electrons.